The first-order valence-corrected chi connectivity index (χ1v) is 16.0. The van der Waals surface area contributed by atoms with Crippen molar-refractivity contribution in [3.05, 3.63) is 116 Å². The van der Waals surface area contributed by atoms with Gasteiger partial charge in [0.1, 0.15) is 4.90 Å². The molecule has 4 aromatic carbocycles. The van der Waals surface area contributed by atoms with E-state index in [1.54, 1.807) is 23.1 Å². The standard InChI is InChI=1S/C31H24BrClN2O5S2/c1-19-4-10-23(11-5-19)34-31-35(24-12-6-20(2)7-13-24)30(36)28(41-31)18-21-16-26(32)29(27(17-21)39-3)40-42(37,38)25-14-8-22(33)9-15-25/h4-18H,1-3H3/b28-18-,34-31?. The smallest absolute Gasteiger partial charge is 0.339 e. The molecule has 11 heteroatoms. The van der Waals surface area contributed by atoms with Gasteiger partial charge in [0.15, 0.2) is 16.7 Å². The maximum absolute atomic E-state index is 13.7. The van der Waals surface area contributed by atoms with E-state index in [2.05, 4.69) is 15.9 Å². The lowest BCUT2D eigenvalue weighted by atomic mass is 10.1. The molecule has 1 aliphatic rings. The van der Waals surface area contributed by atoms with E-state index in [0.29, 0.717) is 30.8 Å². The van der Waals surface area contributed by atoms with Gasteiger partial charge in [-0.25, -0.2) is 4.99 Å². The minimum absolute atomic E-state index is 0.0251. The molecule has 0 unspecified atom stereocenters. The van der Waals surface area contributed by atoms with Crippen molar-refractivity contribution in [1.29, 1.82) is 0 Å². The predicted molar refractivity (Wildman–Crippen MR) is 172 cm³/mol. The maximum Gasteiger partial charge on any atom is 0.339 e. The molecular formula is C31H24BrClN2O5S2. The number of anilines is 1. The fourth-order valence-corrected chi connectivity index (χ4v) is 6.75. The minimum Gasteiger partial charge on any atom is -0.493 e. The van der Waals surface area contributed by atoms with E-state index in [9.17, 15) is 13.2 Å². The quantitative estimate of drug-likeness (QED) is 0.144. The molecule has 0 aromatic heterocycles. The van der Waals surface area contributed by atoms with E-state index in [1.165, 1.54) is 43.1 Å². The summed E-state index contributed by atoms with van der Waals surface area (Å²) in [5, 5.41) is 0.913. The lowest BCUT2D eigenvalue weighted by Crippen LogP contribution is -2.28. The Bertz CT molecular complexity index is 1820. The zero-order valence-electron chi connectivity index (χ0n) is 22.7. The Morgan fingerprint density at radius 3 is 2.17 bits per heavy atom. The van der Waals surface area contributed by atoms with Crippen LogP contribution in [0.5, 0.6) is 11.5 Å². The molecule has 1 fully saturated rings. The molecule has 0 bridgehead atoms. The third-order valence-electron chi connectivity index (χ3n) is 6.20. The molecule has 0 saturated carbocycles. The van der Waals surface area contributed by atoms with Crippen molar-refractivity contribution in [2.75, 3.05) is 12.0 Å². The van der Waals surface area contributed by atoms with Crippen molar-refractivity contribution < 1.29 is 22.1 Å². The van der Waals surface area contributed by atoms with Gasteiger partial charge in [-0.05, 0) is 114 Å². The van der Waals surface area contributed by atoms with Crippen LogP contribution >= 0.6 is 39.3 Å². The number of aliphatic imine (C=N–C) groups is 1. The lowest BCUT2D eigenvalue weighted by molar-refractivity contribution is -0.113. The molecule has 1 saturated heterocycles. The predicted octanol–water partition coefficient (Wildman–Crippen LogP) is 8.30. The molecule has 0 N–H and O–H groups in total. The number of ether oxygens (including phenoxy) is 1. The van der Waals surface area contributed by atoms with Crippen LogP contribution in [-0.2, 0) is 14.9 Å². The summed E-state index contributed by atoms with van der Waals surface area (Å²) in [4.78, 5) is 20.5. The number of benzene rings is 4. The van der Waals surface area contributed by atoms with Crippen molar-refractivity contribution in [3.63, 3.8) is 0 Å². The molecule has 0 aliphatic carbocycles. The first kappa shape index (κ1) is 29.9. The van der Waals surface area contributed by atoms with Gasteiger partial charge in [0.25, 0.3) is 5.91 Å². The molecule has 0 radical (unpaired) electrons. The SMILES string of the molecule is COc1cc(/C=C2\SC(=Nc3ccc(C)cc3)N(c3ccc(C)cc3)C2=O)cc(Br)c1OS(=O)(=O)c1ccc(Cl)cc1. The summed E-state index contributed by atoms with van der Waals surface area (Å²) in [5.41, 5.74) is 4.19. The molecule has 1 heterocycles. The number of methoxy groups -OCH3 is 1. The van der Waals surface area contributed by atoms with Gasteiger partial charge in [-0.2, -0.15) is 8.42 Å². The molecule has 7 nitrogen and oxygen atoms in total. The third kappa shape index (κ3) is 6.57. The van der Waals surface area contributed by atoms with Crippen LogP contribution in [0.4, 0.5) is 11.4 Å². The summed E-state index contributed by atoms with van der Waals surface area (Å²) >= 11 is 10.5. The average molecular weight is 684 g/mol. The number of amidine groups is 1. The number of aryl methyl sites for hydroxylation is 2. The van der Waals surface area contributed by atoms with Crippen LogP contribution < -0.4 is 13.8 Å². The van der Waals surface area contributed by atoms with Crippen molar-refractivity contribution in [3.8, 4) is 11.5 Å². The van der Waals surface area contributed by atoms with Crippen molar-refractivity contribution >= 4 is 77.9 Å². The number of hydrogen-bond donors (Lipinski definition) is 0. The van der Waals surface area contributed by atoms with Crippen LogP contribution in [0.2, 0.25) is 5.02 Å². The summed E-state index contributed by atoms with van der Waals surface area (Å²) in [7, 11) is -2.77. The highest BCUT2D eigenvalue weighted by Crippen LogP contribution is 2.41. The Kier molecular flexibility index (Phi) is 8.79. The summed E-state index contributed by atoms with van der Waals surface area (Å²) < 4.78 is 37.1. The second kappa shape index (κ2) is 12.3. The lowest BCUT2D eigenvalue weighted by Gasteiger charge is -2.16. The number of thioether (sulfide) groups is 1. The molecule has 1 amide bonds. The average Bonchev–Trinajstić information content (AvgIpc) is 3.25. The van der Waals surface area contributed by atoms with Gasteiger partial charge >= 0.3 is 10.1 Å². The van der Waals surface area contributed by atoms with Crippen LogP contribution in [0.1, 0.15) is 16.7 Å². The Hall–Kier alpha value is -3.57. The Labute approximate surface area is 262 Å². The molecule has 5 rings (SSSR count). The highest BCUT2D eigenvalue weighted by atomic mass is 79.9. The Morgan fingerprint density at radius 2 is 1.55 bits per heavy atom. The van der Waals surface area contributed by atoms with Gasteiger partial charge in [-0.15, -0.1) is 0 Å². The largest absolute Gasteiger partial charge is 0.493 e. The van der Waals surface area contributed by atoms with E-state index in [0.717, 1.165) is 16.8 Å². The molecular weight excluding hydrogens is 660 g/mol. The Balaban J connectivity index is 1.51. The molecule has 0 spiro atoms. The van der Waals surface area contributed by atoms with E-state index in [4.69, 9.17) is 25.5 Å². The fraction of sp³-hybridized carbons (Fsp3) is 0.0968. The third-order valence-corrected chi connectivity index (χ3v) is 9.25. The number of rotatable bonds is 7. The normalized spacial score (nSPS) is 15.5. The summed E-state index contributed by atoms with van der Waals surface area (Å²) in [5.74, 6) is -0.105. The van der Waals surface area contributed by atoms with E-state index >= 15 is 0 Å². The zero-order valence-corrected chi connectivity index (χ0v) is 26.6. The van der Waals surface area contributed by atoms with Crippen molar-refractivity contribution in [2.45, 2.75) is 18.7 Å². The van der Waals surface area contributed by atoms with E-state index in [-0.39, 0.29) is 22.3 Å². The number of hydrogen-bond acceptors (Lipinski definition) is 7. The summed E-state index contributed by atoms with van der Waals surface area (Å²) in [6.45, 7) is 3.98. The highest BCUT2D eigenvalue weighted by molar-refractivity contribution is 9.10. The second-order valence-electron chi connectivity index (χ2n) is 9.34. The molecule has 4 aromatic rings. The van der Waals surface area contributed by atoms with Crippen LogP contribution in [-0.4, -0.2) is 26.6 Å². The van der Waals surface area contributed by atoms with Crippen LogP contribution in [0, 0.1) is 13.8 Å². The first-order valence-electron chi connectivity index (χ1n) is 12.6. The number of carbonyl (C=O) groups excluding carboxylic acids is 1. The summed E-state index contributed by atoms with van der Waals surface area (Å²) in [6, 6.07) is 24.3. The van der Waals surface area contributed by atoms with Gasteiger partial charge in [0.2, 0.25) is 0 Å². The number of nitrogens with zero attached hydrogens (tertiary/aromatic N) is 2. The van der Waals surface area contributed by atoms with Gasteiger partial charge in [-0.1, -0.05) is 47.0 Å². The van der Waals surface area contributed by atoms with Crippen LogP contribution in [0.25, 0.3) is 6.08 Å². The van der Waals surface area contributed by atoms with Crippen molar-refractivity contribution in [1.82, 2.24) is 0 Å². The van der Waals surface area contributed by atoms with Gasteiger partial charge in [0.05, 0.1) is 27.9 Å². The Morgan fingerprint density at radius 1 is 0.929 bits per heavy atom. The summed E-state index contributed by atoms with van der Waals surface area (Å²) in [6.07, 6.45) is 1.70. The molecule has 0 atom stereocenters. The zero-order chi connectivity index (χ0) is 30.0. The minimum atomic E-state index is -4.17. The monoisotopic (exact) mass is 682 g/mol. The molecule has 42 heavy (non-hydrogen) atoms. The van der Waals surface area contributed by atoms with Gasteiger partial charge in [-0.3, -0.25) is 9.69 Å². The maximum atomic E-state index is 13.7. The van der Waals surface area contributed by atoms with Crippen LogP contribution in [0.3, 0.4) is 0 Å². The number of amides is 1. The number of halogens is 2. The van der Waals surface area contributed by atoms with Gasteiger partial charge in [0, 0.05) is 5.02 Å². The van der Waals surface area contributed by atoms with Crippen LogP contribution in [0.15, 0.2) is 104 Å². The molecule has 214 valence electrons. The molecule has 1 aliphatic heterocycles. The van der Waals surface area contributed by atoms with E-state index < -0.39 is 10.1 Å². The van der Waals surface area contributed by atoms with Gasteiger partial charge < -0.3 is 8.92 Å². The van der Waals surface area contributed by atoms with Crippen molar-refractivity contribution in [2.24, 2.45) is 4.99 Å². The topological polar surface area (TPSA) is 85.3 Å². The fourth-order valence-electron chi connectivity index (χ4n) is 4.01. The first-order chi connectivity index (χ1) is 20.0. The second-order valence-corrected chi connectivity index (χ2v) is 13.2. The highest BCUT2D eigenvalue weighted by Gasteiger charge is 2.35. The van der Waals surface area contributed by atoms with E-state index in [1.807, 2.05) is 62.4 Å². The number of carbonyl (C=O) groups is 1.